The molecule has 110 valence electrons. The lowest BCUT2D eigenvalue weighted by molar-refractivity contribution is -0.123. The number of hydrogen-bond acceptors (Lipinski definition) is 2. The van der Waals surface area contributed by atoms with Crippen LogP contribution < -0.4 is 10.2 Å². The number of para-hydroxylation sites is 1. The first-order valence-electron chi connectivity index (χ1n) is 6.38. The maximum Gasteiger partial charge on any atom is 0.240 e. The highest BCUT2D eigenvalue weighted by Gasteiger charge is 2.21. The molecule has 1 aromatic carbocycles. The molecule has 0 aromatic heterocycles. The van der Waals surface area contributed by atoms with E-state index >= 15 is 0 Å². The first-order chi connectivity index (χ1) is 9.36. The van der Waals surface area contributed by atoms with Gasteiger partial charge in [0.1, 0.15) is 6.54 Å². The fourth-order valence-electron chi connectivity index (χ4n) is 1.66. The summed E-state index contributed by atoms with van der Waals surface area (Å²) in [6.07, 6.45) is 0.818. The predicted molar refractivity (Wildman–Crippen MR) is 82.4 cm³/mol. The smallest absolute Gasteiger partial charge is 0.240 e. The van der Waals surface area contributed by atoms with Gasteiger partial charge in [-0.2, -0.15) is 0 Å². The van der Waals surface area contributed by atoms with Crippen LogP contribution in [0.5, 0.6) is 0 Å². The van der Waals surface area contributed by atoms with Crippen molar-refractivity contribution in [2.75, 3.05) is 11.4 Å². The van der Waals surface area contributed by atoms with E-state index in [4.69, 9.17) is 23.2 Å². The van der Waals surface area contributed by atoms with Gasteiger partial charge in [-0.1, -0.05) is 36.2 Å². The van der Waals surface area contributed by atoms with Crippen LogP contribution in [0.25, 0.3) is 0 Å². The van der Waals surface area contributed by atoms with Crippen LogP contribution in [-0.4, -0.2) is 24.4 Å². The van der Waals surface area contributed by atoms with Crippen molar-refractivity contribution in [2.45, 2.75) is 33.2 Å². The summed E-state index contributed by atoms with van der Waals surface area (Å²) in [5.74, 6) is -0.537. The fourth-order valence-corrected chi connectivity index (χ4v) is 2.26. The van der Waals surface area contributed by atoms with Crippen molar-refractivity contribution in [1.82, 2.24) is 5.32 Å². The van der Waals surface area contributed by atoms with E-state index in [0.717, 1.165) is 6.42 Å². The van der Waals surface area contributed by atoms with E-state index < -0.39 is 0 Å². The van der Waals surface area contributed by atoms with Crippen molar-refractivity contribution in [3.8, 4) is 0 Å². The Balaban J connectivity index is 2.96. The van der Waals surface area contributed by atoms with Crippen LogP contribution in [0.3, 0.4) is 0 Å². The van der Waals surface area contributed by atoms with Crippen molar-refractivity contribution in [1.29, 1.82) is 0 Å². The van der Waals surface area contributed by atoms with Gasteiger partial charge in [0.15, 0.2) is 0 Å². The van der Waals surface area contributed by atoms with Crippen molar-refractivity contribution < 1.29 is 9.59 Å². The minimum absolute atomic E-state index is 0.0537. The van der Waals surface area contributed by atoms with Crippen molar-refractivity contribution in [3.05, 3.63) is 28.2 Å². The van der Waals surface area contributed by atoms with Gasteiger partial charge in [0.05, 0.1) is 15.7 Å². The fraction of sp³-hybridized carbons (Fsp3) is 0.429. The maximum atomic E-state index is 11.9. The summed E-state index contributed by atoms with van der Waals surface area (Å²) in [7, 11) is 0. The Morgan fingerprint density at radius 3 is 2.30 bits per heavy atom. The molecule has 4 nitrogen and oxygen atoms in total. The molecule has 0 bridgehead atoms. The Morgan fingerprint density at radius 1 is 1.30 bits per heavy atom. The summed E-state index contributed by atoms with van der Waals surface area (Å²) in [6.45, 7) is 5.14. The monoisotopic (exact) mass is 316 g/mol. The molecule has 0 aliphatic rings. The number of benzene rings is 1. The summed E-state index contributed by atoms with van der Waals surface area (Å²) in [5, 5.41) is 3.48. The molecule has 1 N–H and O–H groups in total. The molecule has 20 heavy (non-hydrogen) atoms. The molecule has 0 spiro atoms. The standard InChI is InChI=1S/C14H18Cl2N2O2/c1-4-9(2)17-13(20)8-18(10(3)19)14-11(15)6-5-7-12(14)16/h5-7,9H,4,8H2,1-3H3,(H,17,20). The van der Waals surface area contributed by atoms with Crippen LogP contribution in [0.15, 0.2) is 18.2 Å². The van der Waals surface area contributed by atoms with E-state index in [9.17, 15) is 9.59 Å². The second kappa shape index (κ2) is 7.50. The largest absolute Gasteiger partial charge is 0.352 e. The average Bonchev–Trinajstić information content (AvgIpc) is 2.36. The Labute approximate surface area is 129 Å². The molecule has 0 saturated heterocycles. The number of halogens is 2. The van der Waals surface area contributed by atoms with Gasteiger partial charge in [0.25, 0.3) is 0 Å². The topological polar surface area (TPSA) is 49.4 Å². The third-order valence-electron chi connectivity index (χ3n) is 2.91. The number of hydrogen-bond donors (Lipinski definition) is 1. The number of carbonyl (C=O) groups excluding carboxylic acids is 2. The highest BCUT2D eigenvalue weighted by Crippen LogP contribution is 2.33. The number of rotatable bonds is 5. The van der Waals surface area contributed by atoms with Gasteiger partial charge in [-0.15, -0.1) is 0 Å². The van der Waals surface area contributed by atoms with Crippen LogP contribution in [-0.2, 0) is 9.59 Å². The third kappa shape index (κ3) is 4.39. The van der Waals surface area contributed by atoms with Crippen LogP contribution in [0.1, 0.15) is 27.2 Å². The molecule has 0 aliphatic heterocycles. The first kappa shape index (κ1) is 16.8. The number of anilines is 1. The molecule has 0 radical (unpaired) electrons. The highest BCUT2D eigenvalue weighted by molar-refractivity contribution is 6.40. The van der Waals surface area contributed by atoms with Gasteiger partial charge in [0, 0.05) is 13.0 Å². The Bertz CT molecular complexity index is 486. The second-order valence-corrected chi connectivity index (χ2v) is 5.37. The normalized spacial score (nSPS) is 11.8. The van der Waals surface area contributed by atoms with Crippen molar-refractivity contribution >= 4 is 40.7 Å². The number of amides is 2. The lowest BCUT2D eigenvalue weighted by Crippen LogP contribution is -2.43. The zero-order valence-electron chi connectivity index (χ0n) is 11.7. The van der Waals surface area contributed by atoms with Gasteiger partial charge >= 0.3 is 0 Å². The Morgan fingerprint density at radius 2 is 1.85 bits per heavy atom. The first-order valence-corrected chi connectivity index (χ1v) is 7.13. The van der Waals surface area contributed by atoms with E-state index in [1.807, 2.05) is 13.8 Å². The predicted octanol–water partition coefficient (Wildman–Crippen LogP) is 3.26. The molecule has 1 aromatic rings. The molecule has 6 heteroatoms. The molecule has 1 rings (SSSR count). The quantitative estimate of drug-likeness (QED) is 0.906. The van der Waals surface area contributed by atoms with Gasteiger partial charge in [0.2, 0.25) is 11.8 Å². The van der Waals surface area contributed by atoms with Crippen LogP contribution in [0.2, 0.25) is 10.0 Å². The van der Waals surface area contributed by atoms with Gasteiger partial charge in [-0.05, 0) is 25.5 Å². The molecule has 1 atom stereocenters. The summed E-state index contributed by atoms with van der Waals surface area (Å²) >= 11 is 12.1. The van der Waals surface area contributed by atoms with Crippen LogP contribution in [0, 0.1) is 0 Å². The van der Waals surface area contributed by atoms with E-state index in [-0.39, 0.29) is 24.4 Å². The SMILES string of the molecule is CCC(C)NC(=O)CN(C(C)=O)c1c(Cl)cccc1Cl. The summed E-state index contributed by atoms with van der Waals surface area (Å²) < 4.78 is 0. The summed E-state index contributed by atoms with van der Waals surface area (Å²) in [4.78, 5) is 25.0. The Kier molecular flexibility index (Phi) is 6.30. The molecular formula is C14H18Cl2N2O2. The molecule has 0 fully saturated rings. The van der Waals surface area contributed by atoms with Crippen LogP contribution >= 0.6 is 23.2 Å². The van der Waals surface area contributed by atoms with E-state index in [1.165, 1.54) is 11.8 Å². The van der Waals surface area contributed by atoms with Gasteiger partial charge < -0.3 is 10.2 Å². The Hall–Kier alpha value is -1.26. The maximum absolute atomic E-state index is 11.9. The number of carbonyl (C=O) groups is 2. The summed E-state index contributed by atoms with van der Waals surface area (Å²) in [5.41, 5.74) is 0.364. The lowest BCUT2D eigenvalue weighted by atomic mass is 10.2. The zero-order valence-corrected chi connectivity index (χ0v) is 13.3. The van der Waals surface area contributed by atoms with E-state index in [0.29, 0.717) is 15.7 Å². The zero-order chi connectivity index (χ0) is 15.3. The van der Waals surface area contributed by atoms with Crippen LogP contribution in [0.4, 0.5) is 5.69 Å². The van der Waals surface area contributed by atoms with Gasteiger partial charge in [-0.3, -0.25) is 9.59 Å². The van der Waals surface area contributed by atoms with E-state index in [1.54, 1.807) is 18.2 Å². The van der Waals surface area contributed by atoms with Gasteiger partial charge in [-0.25, -0.2) is 0 Å². The lowest BCUT2D eigenvalue weighted by Gasteiger charge is -2.23. The minimum Gasteiger partial charge on any atom is -0.352 e. The second-order valence-electron chi connectivity index (χ2n) is 4.55. The average molecular weight is 317 g/mol. The van der Waals surface area contributed by atoms with Crippen molar-refractivity contribution in [3.63, 3.8) is 0 Å². The number of nitrogens with one attached hydrogen (secondary N) is 1. The molecule has 0 saturated carbocycles. The van der Waals surface area contributed by atoms with E-state index in [2.05, 4.69) is 5.32 Å². The molecule has 0 heterocycles. The third-order valence-corrected chi connectivity index (χ3v) is 3.52. The molecule has 0 aliphatic carbocycles. The summed E-state index contributed by atoms with van der Waals surface area (Å²) in [6, 6.07) is 5.00. The number of nitrogens with zero attached hydrogens (tertiary/aromatic N) is 1. The highest BCUT2D eigenvalue weighted by atomic mass is 35.5. The molecular weight excluding hydrogens is 299 g/mol. The van der Waals surface area contributed by atoms with Crippen molar-refractivity contribution in [2.24, 2.45) is 0 Å². The molecule has 2 amide bonds. The minimum atomic E-state index is -0.292. The molecule has 1 unspecified atom stereocenters.